The minimum atomic E-state index is 0.855. The van der Waals surface area contributed by atoms with Gasteiger partial charge < -0.3 is 13.7 Å². The van der Waals surface area contributed by atoms with Gasteiger partial charge in [0.15, 0.2) is 0 Å². The van der Waals surface area contributed by atoms with Crippen LogP contribution >= 0.6 is 0 Å². The largest absolute Gasteiger partial charge is 0.455 e. The molecule has 0 radical (unpaired) electrons. The highest BCUT2D eigenvalue weighted by Gasteiger charge is 2.24. The van der Waals surface area contributed by atoms with Crippen molar-refractivity contribution in [2.45, 2.75) is 0 Å². The molecule has 0 aliphatic carbocycles. The summed E-state index contributed by atoms with van der Waals surface area (Å²) in [5, 5.41) is 9.19. The van der Waals surface area contributed by atoms with E-state index in [1.165, 1.54) is 32.7 Å². The maximum Gasteiger partial charge on any atom is 0.145 e. The van der Waals surface area contributed by atoms with Gasteiger partial charge in [0.25, 0.3) is 0 Å². The summed E-state index contributed by atoms with van der Waals surface area (Å²) in [7, 11) is 0. The molecule has 13 aromatic rings. The Balaban J connectivity index is 0.980. The molecule has 0 unspecified atom stereocenters. The highest BCUT2D eigenvalue weighted by Crippen LogP contribution is 2.48. The lowest BCUT2D eigenvalue weighted by Gasteiger charge is -2.28. The van der Waals surface area contributed by atoms with Gasteiger partial charge in [0, 0.05) is 38.4 Å². The molecule has 0 aliphatic heterocycles. The first kappa shape index (κ1) is 36.9. The van der Waals surface area contributed by atoms with E-state index in [0.717, 1.165) is 94.3 Å². The van der Waals surface area contributed by atoms with Crippen LogP contribution in [0.3, 0.4) is 0 Å². The van der Waals surface area contributed by atoms with Gasteiger partial charge in [-0.05, 0) is 98.1 Å². The average molecular weight is 830 g/mol. The SMILES string of the molecule is c1ccc(-c2ccc(-c3ccc(N(c4ccc(-c5ccc6c(c5)oc5c(-c7ccccc7)cccc56)cc4)c4cccc5c4ccc4ccccc45)c4c3oc3ccccc34)cc2)cc1. The van der Waals surface area contributed by atoms with Crippen LogP contribution in [0.15, 0.2) is 245 Å². The average Bonchev–Trinajstić information content (AvgIpc) is 3.96. The van der Waals surface area contributed by atoms with Crippen molar-refractivity contribution in [2.75, 3.05) is 4.90 Å². The Kier molecular flexibility index (Phi) is 8.53. The molecule has 0 saturated heterocycles. The van der Waals surface area contributed by atoms with Crippen LogP contribution in [0, 0.1) is 0 Å². The monoisotopic (exact) mass is 829 g/mol. The zero-order chi connectivity index (χ0) is 42.8. The van der Waals surface area contributed by atoms with Crippen molar-refractivity contribution in [3.63, 3.8) is 0 Å². The molecule has 304 valence electrons. The number of para-hydroxylation sites is 2. The van der Waals surface area contributed by atoms with Gasteiger partial charge in [-0.25, -0.2) is 0 Å². The zero-order valence-electron chi connectivity index (χ0n) is 35.3. The van der Waals surface area contributed by atoms with Crippen molar-refractivity contribution < 1.29 is 8.83 Å². The van der Waals surface area contributed by atoms with E-state index in [-0.39, 0.29) is 0 Å². The van der Waals surface area contributed by atoms with E-state index in [2.05, 4.69) is 235 Å². The quantitative estimate of drug-likeness (QED) is 0.150. The third-order valence-corrected chi connectivity index (χ3v) is 13.1. The van der Waals surface area contributed by atoms with Crippen molar-refractivity contribution in [1.29, 1.82) is 0 Å². The topological polar surface area (TPSA) is 29.5 Å². The highest BCUT2D eigenvalue weighted by atomic mass is 16.3. The van der Waals surface area contributed by atoms with E-state index in [4.69, 9.17) is 8.83 Å². The molecule has 0 N–H and O–H groups in total. The molecule has 0 spiro atoms. The predicted molar refractivity (Wildman–Crippen MR) is 272 cm³/mol. The summed E-state index contributed by atoms with van der Waals surface area (Å²) in [6, 6.07) is 84.5. The molecular formula is C62H39NO2. The van der Waals surface area contributed by atoms with Gasteiger partial charge >= 0.3 is 0 Å². The molecule has 0 saturated carbocycles. The van der Waals surface area contributed by atoms with Crippen LogP contribution in [0.2, 0.25) is 0 Å². The first-order valence-electron chi connectivity index (χ1n) is 22.2. The molecule has 0 bridgehead atoms. The molecule has 0 atom stereocenters. The number of benzene rings is 11. The summed E-state index contributed by atoms with van der Waals surface area (Å²) in [6.07, 6.45) is 0. The van der Waals surface area contributed by atoms with Crippen LogP contribution in [0.5, 0.6) is 0 Å². The number of hydrogen-bond acceptors (Lipinski definition) is 3. The van der Waals surface area contributed by atoms with Crippen molar-refractivity contribution in [2.24, 2.45) is 0 Å². The van der Waals surface area contributed by atoms with Crippen LogP contribution in [0.4, 0.5) is 17.1 Å². The molecular weight excluding hydrogens is 791 g/mol. The van der Waals surface area contributed by atoms with E-state index in [0.29, 0.717) is 0 Å². The van der Waals surface area contributed by atoms with Gasteiger partial charge in [0.1, 0.15) is 22.3 Å². The van der Waals surface area contributed by atoms with Crippen LogP contribution < -0.4 is 4.90 Å². The Morgan fingerprint density at radius 1 is 0.277 bits per heavy atom. The van der Waals surface area contributed by atoms with E-state index < -0.39 is 0 Å². The molecule has 0 amide bonds. The standard InChI is InChI=1S/C62H39NO2/c1-3-13-40(14-4-1)41-25-27-45(28-26-41)50-37-38-57(60-55-19-9-10-24-58(55)64-62(50)60)63(56-23-12-21-51-48-18-8-7-17-44(48)31-35-52(51)56)47-33-29-42(30-34-47)46-32-36-53-54-22-11-20-49(43-15-5-2-6-16-43)61(54)65-59(53)39-46/h1-39H. The van der Waals surface area contributed by atoms with Gasteiger partial charge in [-0.2, -0.15) is 0 Å². The van der Waals surface area contributed by atoms with E-state index in [1.807, 2.05) is 6.07 Å². The van der Waals surface area contributed by atoms with Crippen molar-refractivity contribution in [1.82, 2.24) is 0 Å². The summed E-state index contributed by atoms with van der Waals surface area (Å²) in [4.78, 5) is 2.42. The number of hydrogen-bond donors (Lipinski definition) is 0. The number of nitrogens with zero attached hydrogens (tertiary/aromatic N) is 1. The highest BCUT2D eigenvalue weighted by molar-refractivity contribution is 6.19. The predicted octanol–water partition coefficient (Wildman–Crippen LogP) is 17.9. The summed E-state index contributed by atoms with van der Waals surface area (Å²) < 4.78 is 13.6. The molecule has 3 nitrogen and oxygen atoms in total. The minimum absolute atomic E-state index is 0.855. The maximum absolute atomic E-state index is 6.89. The normalized spacial score (nSPS) is 11.7. The van der Waals surface area contributed by atoms with Crippen LogP contribution in [-0.2, 0) is 0 Å². The van der Waals surface area contributed by atoms with Crippen LogP contribution in [0.25, 0.3) is 110 Å². The molecule has 65 heavy (non-hydrogen) atoms. The summed E-state index contributed by atoms with van der Waals surface area (Å²) in [5.41, 5.74) is 15.6. The number of anilines is 3. The molecule has 0 fully saturated rings. The van der Waals surface area contributed by atoms with E-state index in [9.17, 15) is 0 Å². The summed E-state index contributed by atoms with van der Waals surface area (Å²) in [6.45, 7) is 0. The molecule has 0 aliphatic rings. The van der Waals surface area contributed by atoms with Crippen LogP contribution in [0.1, 0.15) is 0 Å². The first-order chi connectivity index (χ1) is 32.2. The Labute approximate surface area is 375 Å². The smallest absolute Gasteiger partial charge is 0.145 e. The maximum atomic E-state index is 6.89. The molecule has 11 aromatic carbocycles. The second-order valence-electron chi connectivity index (χ2n) is 16.8. The molecule has 13 rings (SSSR count). The van der Waals surface area contributed by atoms with Gasteiger partial charge in [-0.3, -0.25) is 0 Å². The molecule has 2 heterocycles. The number of rotatable bonds is 7. The Morgan fingerprint density at radius 2 is 0.846 bits per heavy atom. The summed E-state index contributed by atoms with van der Waals surface area (Å²) >= 11 is 0. The van der Waals surface area contributed by atoms with Gasteiger partial charge in [-0.15, -0.1) is 0 Å². The second-order valence-corrected chi connectivity index (χ2v) is 16.8. The lowest BCUT2D eigenvalue weighted by atomic mass is 9.96. The van der Waals surface area contributed by atoms with Crippen molar-refractivity contribution >= 4 is 82.5 Å². The first-order valence-corrected chi connectivity index (χ1v) is 22.2. The number of furan rings is 2. The van der Waals surface area contributed by atoms with E-state index in [1.54, 1.807) is 0 Å². The number of fused-ring (bicyclic) bond motifs is 9. The zero-order valence-corrected chi connectivity index (χ0v) is 35.3. The Morgan fingerprint density at radius 3 is 1.68 bits per heavy atom. The fourth-order valence-corrected chi connectivity index (χ4v) is 9.95. The van der Waals surface area contributed by atoms with Crippen molar-refractivity contribution in [3.05, 3.63) is 237 Å². The molecule has 3 heteroatoms. The van der Waals surface area contributed by atoms with Crippen LogP contribution in [-0.4, -0.2) is 0 Å². The third-order valence-electron chi connectivity index (χ3n) is 13.1. The lowest BCUT2D eigenvalue weighted by Crippen LogP contribution is -2.11. The summed E-state index contributed by atoms with van der Waals surface area (Å²) in [5.74, 6) is 0. The lowest BCUT2D eigenvalue weighted by molar-refractivity contribution is 0.669. The minimum Gasteiger partial charge on any atom is -0.455 e. The van der Waals surface area contributed by atoms with Gasteiger partial charge in [0.05, 0.1) is 16.8 Å². The fraction of sp³-hybridized carbons (Fsp3) is 0. The van der Waals surface area contributed by atoms with Gasteiger partial charge in [-0.1, -0.05) is 188 Å². The fourth-order valence-electron chi connectivity index (χ4n) is 9.95. The second kappa shape index (κ2) is 15.0. The van der Waals surface area contributed by atoms with Crippen molar-refractivity contribution in [3.8, 4) is 44.5 Å². The molecule has 2 aromatic heterocycles. The van der Waals surface area contributed by atoms with Gasteiger partial charge in [0.2, 0.25) is 0 Å². The third kappa shape index (κ3) is 6.12. The Bertz CT molecular complexity index is 3920. The Hall–Kier alpha value is -8.66. The van der Waals surface area contributed by atoms with E-state index >= 15 is 0 Å².